The Labute approximate surface area is 79.4 Å². The summed E-state index contributed by atoms with van der Waals surface area (Å²) in [4.78, 5) is 0. The smallest absolute Gasteiger partial charge is 0.0662 e. The molecule has 2 heteroatoms. The fourth-order valence-corrected chi connectivity index (χ4v) is 2.03. The lowest BCUT2D eigenvalue weighted by molar-refractivity contribution is 0.433. The van der Waals surface area contributed by atoms with E-state index in [-0.39, 0.29) is 0 Å². The monoisotopic (exact) mass is 176 g/mol. The van der Waals surface area contributed by atoms with Crippen LogP contribution in [0.3, 0.4) is 0 Å². The van der Waals surface area contributed by atoms with E-state index < -0.39 is 0 Å². The van der Waals surface area contributed by atoms with Gasteiger partial charge in [-0.25, -0.2) is 0 Å². The normalized spacial score (nSPS) is 18.8. The van der Waals surface area contributed by atoms with Crippen LogP contribution in [0.1, 0.15) is 49.4 Å². The molecule has 0 unspecified atom stereocenters. The number of aromatic nitrogens is 2. The maximum absolute atomic E-state index is 4.25. The fraction of sp³-hybridized carbons (Fsp3) is 0.636. The van der Waals surface area contributed by atoms with Gasteiger partial charge in [0, 0.05) is 5.92 Å². The molecule has 0 bridgehead atoms. The molecule has 1 aromatic rings. The molecule has 1 fully saturated rings. The van der Waals surface area contributed by atoms with E-state index in [1.807, 2.05) is 6.92 Å². The predicted molar refractivity (Wildman–Crippen MR) is 52.6 cm³/mol. The third-order valence-corrected chi connectivity index (χ3v) is 2.84. The minimum Gasteiger partial charge on any atom is -0.156 e. The molecule has 13 heavy (non-hydrogen) atoms. The summed E-state index contributed by atoms with van der Waals surface area (Å²) in [6, 6.07) is 4.20. The van der Waals surface area contributed by atoms with Crippen LogP contribution in [0.15, 0.2) is 12.1 Å². The lowest BCUT2D eigenvalue weighted by Gasteiger charge is -2.20. The van der Waals surface area contributed by atoms with Crippen LogP contribution in [0.2, 0.25) is 0 Å². The van der Waals surface area contributed by atoms with Crippen molar-refractivity contribution in [3.05, 3.63) is 23.5 Å². The number of aryl methyl sites for hydroxylation is 1. The Kier molecular flexibility index (Phi) is 2.57. The molecule has 0 N–H and O–H groups in total. The second-order valence-corrected chi connectivity index (χ2v) is 3.93. The molecule has 1 aliphatic rings. The molecule has 2 rings (SSSR count). The van der Waals surface area contributed by atoms with Gasteiger partial charge in [0.05, 0.1) is 11.4 Å². The quantitative estimate of drug-likeness (QED) is 0.657. The van der Waals surface area contributed by atoms with Crippen LogP contribution < -0.4 is 0 Å². The van der Waals surface area contributed by atoms with Crippen LogP contribution in [0.5, 0.6) is 0 Å². The van der Waals surface area contributed by atoms with E-state index in [4.69, 9.17) is 0 Å². The van der Waals surface area contributed by atoms with Crippen molar-refractivity contribution in [3.8, 4) is 0 Å². The molecular weight excluding hydrogens is 160 g/mol. The maximum Gasteiger partial charge on any atom is 0.0662 e. The van der Waals surface area contributed by atoms with Gasteiger partial charge in [-0.05, 0) is 31.9 Å². The summed E-state index contributed by atoms with van der Waals surface area (Å²) in [6.45, 7) is 1.98. The van der Waals surface area contributed by atoms with Crippen molar-refractivity contribution in [2.24, 2.45) is 0 Å². The number of rotatable bonds is 1. The van der Waals surface area contributed by atoms with Gasteiger partial charge in [0.15, 0.2) is 0 Å². The Bertz CT molecular complexity index is 260. The first kappa shape index (κ1) is 8.67. The van der Waals surface area contributed by atoms with Gasteiger partial charge in [0.1, 0.15) is 0 Å². The van der Waals surface area contributed by atoms with Crippen molar-refractivity contribution < 1.29 is 0 Å². The number of nitrogens with zero attached hydrogens (tertiary/aromatic N) is 2. The van der Waals surface area contributed by atoms with E-state index in [9.17, 15) is 0 Å². The zero-order chi connectivity index (χ0) is 9.10. The lowest BCUT2D eigenvalue weighted by atomic mass is 9.87. The van der Waals surface area contributed by atoms with Crippen molar-refractivity contribution in [3.63, 3.8) is 0 Å². The van der Waals surface area contributed by atoms with E-state index in [0.29, 0.717) is 5.92 Å². The van der Waals surface area contributed by atoms with E-state index in [2.05, 4.69) is 22.3 Å². The van der Waals surface area contributed by atoms with Crippen LogP contribution in [0.25, 0.3) is 0 Å². The molecule has 0 aromatic carbocycles. The summed E-state index contributed by atoms with van der Waals surface area (Å²) in [5.41, 5.74) is 2.21. The highest BCUT2D eigenvalue weighted by Gasteiger charge is 2.16. The van der Waals surface area contributed by atoms with E-state index in [1.54, 1.807) is 0 Å². The van der Waals surface area contributed by atoms with Gasteiger partial charge in [0.25, 0.3) is 0 Å². The minimum absolute atomic E-state index is 0.682. The van der Waals surface area contributed by atoms with Crippen LogP contribution >= 0.6 is 0 Å². The van der Waals surface area contributed by atoms with E-state index in [1.165, 1.54) is 37.8 Å². The van der Waals surface area contributed by atoms with Crippen molar-refractivity contribution in [2.45, 2.75) is 44.9 Å². The van der Waals surface area contributed by atoms with Crippen molar-refractivity contribution in [1.82, 2.24) is 10.2 Å². The van der Waals surface area contributed by atoms with Gasteiger partial charge in [-0.2, -0.15) is 10.2 Å². The molecule has 0 amide bonds. The Morgan fingerprint density at radius 2 is 1.85 bits per heavy atom. The van der Waals surface area contributed by atoms with E-state index >= 15 is 0 Å². The third-order valence-electron chi connectivity index (χ3n) is 2.84. The Morgan fingerprint density at radius 1 is 1.08 bits per heavy atom. The first-order valence-electron chi connectivity index (χ1n) is 5.16. The standard InChI is InChI=1S/C11H16N2/c1-9-7-8-11(13-12-9)10-5-3-2-4-6-10/h7-8,10H,2-6H2,1H3. The summed E-state index contributed by atoms with van der Waals surface area (Å²) in [7, 11) is 0. The summed E-state index contributed by atoms with van der Waals surface area (Å²) in [5, 5.41) is 8.36. The number of hydrogen-bond donors (Lipinski definition) is 0. The van der Waals surface area contributed by atoms with Crippen LogP contribution in [0, 0.1) is 6.92 Å². The second kappa shape index (κ2) is 3.86. The lowest BCUT2D eigenvalue weighted by Crippen LogP contribution is -2.07. The molecule has 70 valence electrons. The van der Waals surface area contributed by atoms with Crippen LogP contribution in [-0.4, -0.2) is 10.2 Å². The highest BCUT2D eigenvalue weighted by molar-refractivity contribution is 5.10. The molecule has 0 spiro atoms. The summed E-state index contributed by atoms with van der Waals surface area (Å²) < 4.78 is 0. The zero-order valence-corrected chi connectivity index (χ0v) is 8.16. The molecule has 0 radical (unpaired) electrons. The summed E-state index contributed by atoms with van der Waals surface area (Å²) in [6.07, 6.45) is 6.73. The highest BCUT2D eigenvalue weighted by Crippen LogP contribution is 2.30. The topological polar surface area (TPSA) is 25.8 Å². The molecule has 1 saturated carbocycles. The molecule has 1 aliphatic carbocycles. The van der Waals surface area contributed by atoms with Crippen molar-refractivity contribution in [1.29, 1.82) is 0 Å². The highest BCUT2D eigenvalue weighted by atomic mass is 15.1. The molecule has 1 aromatic heterocycles. The van der Waals surface area contributed by atoms with Gasteiger partial charge >= 0.3 is 0 Å². The second-order valence-electron chi connectivity index (χ2n) is 3.93. The molecular formula is C11H16N2. The predicted octanol–water partition coefficient (Wildman–Crippen LogP) is 2.83. The minimum atomic E-state index is 0.682. The average molecular weight is 176 g/mol. The zero-order valence-electron chi connectivity index (χ0n) is 8.16. The number of hydrogen-bond acceptors (Lipinski definition) is 2. The molecule has 0 atom stereocenters. The molecule has 0 aliphatic heterocycles. The van der Waals surface area contributed by atoms with Gasteiger partial charge in [-0.3, -0.25) is 0 Å². The molecule has 2 nitrogen and oxygen atoms in total. The fourth-order valence-electron chi connectivity index (χ4n) is 2.03. The molecule has 0 saturated heterocycles. The summed E-state index contributed by atoms with van der Waals surface area (Å²) >= 11 is 0. The largest absolute Gasteiger partial charge is 0.156 e. The van der Waals surface area contributed by atoms with Crippen molar-refractivity contribution >= 4 is 0 Å². The van der Waals surface area contributed by atoms with Gasteiger partial charge < -0.3 is 0 Å². The van der Waals surface area contributed by atoms with Crippen LogP contribution in [0.4, 0.5) is 0 Å². The SMILES string of the molecule is Cc1ccc(C2CCCCC2)nn1. The Hall–Kier alpha value is -0.920. The van der Waals surface area contributed by atoms with Gasteiger partial charge in [-0.1, -0.05) is 19.3 Å². The third kappa shape index (κ3) is 2.06. The molecule has 1 heterocycles. The van der Waals surface area contributed by atoms with Crippen molar-refractivity contribution in [2.75, 3.05) is 0 Å². The average Bonchev–Trinajstić information content (AvgIpc) is 2.20. The Morgan fingerprint density at radius 3 is 2.46 bits per heavy atom. The first-order valence-corrected chi connectivity index (χ1v) is 5.16. The Balaban J connectivity index is 2.10. The van der Waals surface area contributed by atoms with Gasteiger partial charge in [0.2, 0.25) is 0 Å². The van der Waals surface area contributed by atoms with Gasteiger partial charge in [-0.15, -0.1) is 0 Å². The van der Waals surface area contributed by atoms with E-state index in [0.717, 1.165) is 5.69 Å². The maximum atomic E-state index is 4.25. The summed E-state index contributed by atoms with van der Waals surface area (Å²) in [5.74, 6) is 0.682. The first-order chi connectivity index (χ1) is 6.36. The van der Waals surface area contributed by atoms with Crippen LogP contribution in [-0.2, 0) is 0 Å².